The molecule has 0 bridgehead atoms. The maximum Gasteiger partial charge on any atom is 0.169 e. The van der Waals surface area contributed by atoms with Crippen LogP contribution in [-0.4, -0.2) is 17.4 Å². The fourth-order valence-electron chi connectivity index (χ4n) is 8.82. The van der Waals surface area contributed by atoms with E-state index < -0.39 is 6.17 Å². The quantitative estimate of drug-likeness (QED) is 0.194. The minimum atomic E-state index is -0.399. The summed E-state index contributed by atoms with van der Waals surface area (Å²) in [5, 5.41) is 4.87. The fourth-order valence-corrected chi connectivity index (χ4v) is 8.82. The van der Waals surface area contributed by atoms with Crippen LogP contribution in [0.5, 0.6) is 0 Å². The Kier molecular flexibility index (Phi) is 8.58. The summed E-state index contributed by atoms with van der Waals surface area (Å²) in [6.07, 6.45) is 15.5. The Morgan fingerprint density at radius 3 is 2.48 bits per heavy atom. The van der Waals surface area contributed by atoms with Crippen molar-refractivity contribution in [2.75, 3.05) is 0 Å². The number of aliphatic imine (C=N–C) groups is 3. The van der Waals surface area contributed by atoms with Gasteiger partial charge in [-0.05, 0) is 91.8 Å². The number of furan rings is 1. The molecule has 52 heavy (non-hydrogen) atoms. The summed E-state index contributed by atoms with van der Waals surface area (Å²) in [6.45, 7) is 6.41. The van der Waals surface area contributed by atoms with Gasteiger partial charge < -0.3 is 9.73 Å². The highest BCUT2D eigenvalue weighted by Gasteiger charge is 2.29. The van der Waals surface area contributed by atoms with Gasteiger partial charge in [-0.3, -0.25) is 4.99 Å². The van der Waals surface area contributed by atoms with Crippen LogP contribution in [0.4, 0.5) is 0 Å². The predicted molar refractivity (Wildman–Crippen MR) is 216 cm³/mol. The van der Waals surface area contributed by atoms with Crippen LogP contribution in [0, 0.1) is 12.8 Å². The number of hydrogen-bond donors (Lipinski definition) is 1. The molecule has 5 heteroatoms. The van der Waals surface area contributed by atoms with E-state index in [1.807, 2.05) is 0 Å². The number of benzene rings is 4. The smallest absolute Gasteiger partial charge is 0.169 e. The van der Waals surface area contributed by atoms with Crippen molar-refractivity contribution in [3.8, 4) is 22.3 Å². The van der Waals surface area contributed by atoms with Gasteiger partial charge in [0, 0.05) is 39.9 Å². The van der Waals surface area contributed by atoms with Crippen molar-refractivity contribution in [3.63, 3.8) is 0 Å². The first-order chi connectivity index (χ1) is 25.5. The standard InChI is InChI=1S/C47H46N4O/c1-29-27-34(44-38(32-13-6-4-7-14-32)18-12-19-39(44)33-15-8-5-9-16-33)22-25-36(29)46-49-45(50-47(51-46)37-24-21-30(2)48-31(37)3)35-23-26-41-40-17-10-11-20-42(40)52-43(41)28-35/h4,6-7,10,12-14,17-19,21-23,25-28,33,37,45H,5,8-9,11,15-16,20,24H2,1-3H3,(H,49,50,51). The average Bonchev–Trinajstić information content (AvgIpc) is 3.56. The topological polar surface area (TPSA) is 62.2 Å². The Morgan fingerprint density at radius 2 is 1.65 bits per heavy atom. The van der Waals surface area contributed by atoms with Gasteiger partial charge in [0.05, 0.1) is 5.92 Å². The minimum absolute atomic E-state index is 0.0666. The van der Waals surface area contributed by atoms with Crippen molar-refractivity contribution in [3.05, 3.63) is 136 Å². The van der Waals surface area contributed by atoms with Crippen molar-refractivity contribution in [1.29, 1.82) is 0 Å². The van der Waals surface area contributed by atoms with E-state index in [1.165, 1.54) is 71.0 Å². The molecule has 2 atom stereocenters. The van der Waals surface area contributed by atoms with E-state index in [1.54, 1.807) is 0 Å². The molecule has 2 aliphatic carbocycles. The van der Waals surface area contributed by atoms with Crippen molar-refractivity contribution in [2.45, 2.75) is 84.2 Å². The Hall–Kier alpha value is -5.29. The molecule has 2 unspecified atom stereocenters. The van der Waals surface area contributed by atoms with Gasteiger partial charge in [-0.15, -0.1) is 0 Å². The number of nitrogens with zero attached hydrogens (tertiary/aromatic N) is 3. The summed E-state index contributed by atoms with van der Waals surface area (Å²) in [5.41, 5.74) is 14.2. The van der Waals surface area contributed by atoms with E-state index in [0.717, 1.165) is 70.2 Å². The van der Waals surface area contributed by atoms with E-state index in [2.05, 4.69) is 129 Å². The van der Waals surface area contributed by atoms with Gasteiger partial charge >= 0.3 is 0 Å². The second-order valence-electron chi connectivity index (χ2n) is 15.0. The zero-order valence-electron chi connectivity index (χ0n) is 30.5. The number of amidine groups is 2. The number of aryl methyl sites for hydroxylation is 2. The summed E-state index contributed by atoms with van der Waals surface area (Å²) in [4.78, 5) is 15.4. The molecular formula is C47H46N4O. The maximum atomic E-state index is 6.38. The van der Waals surface area contributed by atoms with E-state index in [4.69, 9.17) is 19.4 Å². The lowest BCUT2D eigenvalue weighted by molar-refractivity contribution is 0.444. The number of hydrogen-bond acceptors (Lipinski definition) is 5. The van der Waals surface area contributed by atoms with Crippen molar-refractivity contribution in [1.82, 2.24) is 5.32 Å². The van der Waals surface area contributed by atoms with Crippen LogP contribution in [0.2, 0.25) is 0 Å². The zero-order valence-corrected chi connectivity index (χ0v) is 30.5. The molecule has 0 radical (unpaired) electrons. The molecule has 1 fully saturated rings. The number of allylic oxidation sites excluding steroid dienone is 3. The molecule has 260 valence electrons. The first-order valence-electron chi connectivity index (χ1n) is 19.2. The molecule has 0 amide bonds. The molecule has 1 aromatic heterocycles. The lowest BCUT2D eigenvalue weighted by Gasteiger charge is -2.29. The first-order valence-corrected chi connectivity index (χ1v) is 19.2. The van der Waals surface area contributed by atoms with E-state index in [9.17, 15) is 0 Å². The second kappa shape index (κ2) is 13.7. The summed E-state index contributed by atoms with van der Waals surface area (Å²) in [6, 6.07) is 31.3. The van der Waals surface area contributed by atoms with Crippen LogP contribution in [0.3, 0.4) is 0 Å². The summed E-state index contributed by atoms with van der Waals surface area (Å²) >= 11 is 0. The first kappa shape index (κ1) is 32.6. The third-order valence-corrected chi connectivity index (χ3v) is 11.5. The van der Waals surface area contributed by atoms with Gasteiger partial charge in [0.25, 0.3) is 0 Å². The molecule has 1 saturated carbocycles. The van der Waals surface area contributed by atoms with Gasteiger partial charge in [0.1, 0.15) is 23.0 Å². The van der Waals surface area contributed by atoms with E-state index in [0.29, 0.717) is 5.92 Å². The highest BCUT2D eigenvalue weighted by atomic mass is 16.3. The summed E-state index contributed by atoms with van der Waals surface area (Å²) in [7, 11) is 0. The van der Waals surface area contributed by atoms with Crippen LogP contribution >= 0.6 is 0 Å². The molecule has 1 N–H and O–H groups in total. The van der Waals surface area contributed by atoms with Crippen molar-refractivity contribution in [2.24, 2.45) is 20.9 Å². The van der Waals surface area contributed by atoms with Crippen LogP contribution in [-0.2, 0) is 6.42 Å². The van der Waals surface area contributed by atoms with Crippen molar-refractivity contribution >= 4 is 34.4 Å². The predicted octanol–water partition coefficient (Wildman–Crippen LogP) is 11.9. The highest BCUT2D eigenvalue weighted by molar-refractivity contribution is 6.17. The molecular weight excluding hydrogens is 637 g/mol. The molecule has 5 aromatic rings. The zero-order chi connectivity index (χ0) is 35.2. The third kappa shape index (κ3) is 6.06. The normalized spacial score (nSPS) is 20.4. The third-order valence-electron chi connectivity index (χ3n) is 11.5. The Bertz CT molecular complexity index is 2330. The Labute approximate surface area is 307 Å². The molecule has 0 spiro atoms. The molecule has 4 aromatic carbocycles. The van der Waals surface area contributed by atoms with E-state index >= 15 is 0 Å². The highest BCUT2D eigenvalue weighted by Crippen LogP contribution is 2.43. The van der Waals surface area contributed by atoms with Crippen LogP contribution in [0.15, 0.2) is 122 Å². The molecule has 2 aliphatic heterocycles. The molecule has 3 heterocycles. The molecule has 0 saturated heterocycles. The summed E-state index contributed by atoms with van der Waals surface area (Å²) in [5.74, 6) is 3.49. The Morgan fingerprint density at radius 1 is 0.788 bits per heavy atom. The lowest BCUT2D eigenvalue weighted by atomic mass is 9.78. The fraction of sp³-hybridized carbons (Fsp3) is 0.298. The van der Waals surface area contributed by atoms with Crippen LogP contribution in [0.1, 0.15) is 104 Å². The lowest BCUT2D eigenvalue weighted by Crippen LogP contribution is -2.42. The van der Waals surface area contributed by atoms with Gasteiger partial charge in [0.2, 0.25) is 0 Å². The molecule has 5 nitrogen and oxygen atoms in total. The Balaban J connectivity index is 1.13. The largest absolute Gasteiger partial charge is 0.460 e. The van der Waals surface area contributed by atoms with Gasteiger partial charge in [0.15, 0.2) is 6.17 Å². The maximum absolute atomic E-state index is 6.38. The summed E-state index contributed by atoms with van der Waals surface area (Å²) < 4.78 is 6.38. The van der Waals surface area contributed by atoms with Gasteiger partial charge in [-0.2, -0.15) is 0 Å². The molecule has 9 rings (SSSR count). The minimum Gasteiger partial charge on any atom is -0.460 e. The number of fused-ring (bicyclic) bond motifs is 3. The van der Waals surface area contributed by atoms with Gasteiger partial charge in [-0.25, -0.2) is 9.98 Å². The molecule has 4 aliphatic rings. The SMILES string of the molecule is CC1=CCC(C2=NC(c3ccc4c5c(oc4c3)CCC=C5)N=C(c3ccc(-c4c(-c5ccccc5)cccc4C4CCCCC4)cc3C)N2)C(C)=N1. The second-order valence-corrected chi connectivity index (χ2v) is 15.0. The average molecular weight is 683 g/mol. The van der Waals surface area contributed by atoms with Crippen LogP contribution < -0.4 is 5.32 Å². The van der Waals surface area contributed by atoms with Gasteiger partial charge in [-0.1, -0.05) is 116 Å². The van der Waals surface area contributed by atoms with E-state index in [-0.39, 0.29) is 5.92 Å². The van der Waals surface area contributed by atoms with Crippen molar-refractivity contribution < 1.29 is 4.42 Å². The monoisotopic (exact) mass is 682 g/mol. The number of nitrogens with one attached hydrogen (secondary N) is 1. The van der Waals surface area contributed by atoms with Crippen LogP contribution in [0.25, 0.3) is 39.3 Å². The number of rotatable bonds is 6.